The van der Waals surface area contributed by atoms with Crippen molar-refractivity contribution in [3.05, 3.63) is 30.5 Å². The first-order valence-electron chi connectivity index (χ1n) is 11.4. The maximum Gasteiger partial charge on any atom is 0.240 e. The van der Waals surface area contributed by atoms with Crippen LogP contribution in [0.2, 0.25) is 0 Å². The van der Waals surface area contributed by atoms with Crippen LogP contribution < -0.4 is 5.32 Å². The Bertz CT molecular complexity index is 1170. The van der Waals surface area contributed by atoms with E-state index in [0.717, 1.165) is 29.6 Å². The van der Waals surface area contributed by atoms with Crippen LogP contribution in [0, 0.1) is 22.7 Å². The van der Waals surface area contributed by atoms with Gasteiger partial charge >= 0.3 is 0 Å². The lowest BCUT2D eigenvalue weighted by Crippen LogP contribution is -2.55. The molecule has 1 fully saturated rings. The highest BCUT2D eigenvalue weighted by Gasteiger charge is 2.37. The zero-order valence-corrected chi connectivity index (χ0v) is 20.0. The van der Waals surface area contributed by atoms with Gasteiger partial charge in [0.1, 0.15) is 16.9 Å². The number of aryl methyl sites for hydroxylation is 1. The van der Waals surface area contributed by atoms with Crippen LogP contribution in [-0.2, 0) is 11.8 Å². The number of likely N-dealkylation sites (tertiary alicyclic amines) is 1. The van der Waals surface area contributed by atoms with Crippen molar-refractivity contribution in [3.8, 4) is 17.5 Å². The number of carbonyl (C=O) groups is 1. The van der Waals surface area contributed by atoms with Crippen molar-refractivity contribution in [2.45, 2.75) is 52.6 Å². The molecule has 9 nitrogen and oxygen atoms in total. The van der Waals surface area contributed by atoms with E-state index in [9.17, 15) is 10.1 Å². The van der Waals surface area contributed by atoms with E-state index in [4.69, 9.17) is 4.98 Å². The Balaban J connectivity index is 1.57. The highest BCUT2D eigenvalue weighted by Crippen LogP contribution is 2.29. The number of nitrogens with zero attached hydrogens (tertiary/aromatic N) is 6. The number of nitriles is 1. The van der Waals surface area contributed by atoms with E-state index in [1.54, 1.807) is 12.5 Å². The molecule has 0 aliphatic carbocycles. The van der Waals surface area contributed by atoms with E-state index in [0.29, 0.717) is 24.4 Å². The third-order valence-corrected chi connectivity index (χ3v) is 6.36. The first-order valence-corrected chi connectivity index (χ1v) is 11.4. The van der Waals surface area contributed by atoms with Crippen molar-refractivity contribution in [1.82, 2.24) is 34.7 Å². The minimum absolute atomic E-state index is 0.0483. The van der Waals surface area contributed by atoms with Gasteiger partial charge in [-0.3, -0.25) is 10.1 Å². The van der Waals surface area contributed by atoms with Crippen molar-refractivity contribution >= 4 is 17.1 Å². The molecule has 0 bridgehead atoms. The largest absolute Gasteiger partial charge is 0.344 e. The summed E-state index contributed by atoms with van der Waals surface area (Å²) in [7, 11) is 1.92. The van der Waals surface area contributed by atoms with Gasteiger partial charge in [-0.1, -0.05) is 20.8 Å². The van der Waals surface area contributed by atoms with Gasteiger partial charge in [0.2, 0.25) is 5.91 Å². The highest BCUT2D eigenvalue weighted by molar-refractivity contribution is 5.83. The molecule has 1 aliphatic rings. The first-order chi connectivity index (χ1) is 15.7. The minimum atomic E-state index is -0.372. The molecule has 0 radical (unpaired) electrons. The Morgan fingerprint density at radius 1 is 1.27 bits per heavy atom. The van der Waals surface area contributed by atoms with Gasteiger partial charge < -0.3 is 14.5 Å². The summed E-state index contributed by atoms with van der Waals surface area (Å²) in [6.45, 7) is 9.53. The van der Waals surface area contributed by atoms with Gasteiger partial charge in [-0.05, 0) is 25.2 Å². The Morgan fingerprint density at radius 2 is 2.00 bits per heavy atom. The van der Waals surface area contributed by atoms with Crippen molar-refractivity contribution < 1.29 is 4.79 Å². The van der Waals surface area contributed by atoms with E-state index in [-0.39, 0.29) is 29.3 Å². The summed E-state index contributed by atoms with van der Waals surface area (Å²) in [6.07, 6.45) is 8.75. The lowest BCUT2D eigenvalue weighted by atomic mass is 9.84. The molecule has 4 heterocycles. The molecule has 174 valence electrons. The number of aromatic amines is 1. The van der Waals surface area contributed by atoms with E-state index in [1.165, 1.54) is 0 Å². The average molecular weight is 449 g/mol. The van der Waals surface area contributed by atoms with E-state index in [1.807, 2.05) is 35.8 Å². The second-order valence-electron chi connectivity index (χ2n) is 10.0. The number of H-pyrrole nitrogens is 1. The SMILES string of the molecule is CC(NC(C(=O)N1CCC(C#N)CC1)C(C)(C)C)c1c[nH]c2ncc(-c3cn(C)cn3)nc12. The van der Waals surface area contributed by atoms with Gasteiger partial charge in [-0.15, -0.1) is 0 Å². The van der Waals surface area contributed by atoms with Gasteiger partial charge in [-0.2, -0.15) is 5.26 Å². The summed E-state index contributed by atoms with van der Waals surface area (Å²) >= 11 is 0. The Labute approximate surface area is 194 Å². The molecule has 0 saturated carbocycles. The molecular weight excluding hydrogens is 416 g/mol. The van der Waals surface area contributed by atoms with Crippen molar-refractivity contribution in [2.24, 2.45) is 18.4 Å². The summed E-state index contributed by atoms with van der Waals surface area (Å²) in [4.78, 5) is 32.3. The summed E-state index contributed by atoms with van der Waals surface area (Å²) in [5.41, 5.74) is 3.63. The fourth-order valence-corrected chi connectivity index (χ4v) is 4.35. The number of piperidine rings is 1. The average Bonchev–Trinajstić information content (AvgIpc) is 3.42. The monoisotopic (exact) mass is 448 g/mol. The second kappa shape index (κ2) is 8.94. The fraction of sp³-hybridized carbons (Fsp3) is 0.542. The van der Waals surface area contributed by atoms with Crippen LogP contribution in [0.1, 0.15) is 52.1 Å². The molecule has 0 aromatic carbocycles. The van der Waals surface area contributed by atoms with Crippen LogP contribution in [0.4, 0.5) is 0 Å². The predicted octanol–water partition coefficient (Wildman–Crippen LogP) is 3.19. The smallest absolute Gasteiger partial charge is 0.240 e. The molecule has 3 aromatic rings. The zero-order valence-electron chi connectivity index (χ0n) is 20.0. The number of amides is 1. The standard InChI is InChI=1S/C24H32N8O/c1-15(29-21(24(2,3)4)23(33)32-8-6-16(10-25)7-9-32)17-11-26-22-20(17)30-18(12-27-22)19-13-31(5)14-28-19/h11-16,21,29H,6-9H2,1-5H3,(H,26,27). The quantitative estimate of drug-likeness (QED) is 0.619. The molecule has 9 heteroatoms. The molecule has 4 rings (SSSR count). The van der Waals surface area contributed by atoms with Crippen molar-refractivity contribution in [2.75, 3.05) is 13.1 Å². The van der Waals surface area contributed by atoms with Crippen molar-refractivity contribution in [1.29, 1.82) is 5.26 Å². The number of rotatable bonds is 5. The molecule has 2 unspecified atom stereocenters. The van der Waals surface area contributed by atoms with Crippen LogP contribution in [0.3, 0.4) is 0 Å². The lowest BCUT2D eigenvalue weighted by Gasteiger charge is -2.38. The van der Waals surface area contributed by atoms with Gasteiger partial charge in [0.05, 0.1) is 24.6 Å². The highest BCUT2D eigenvalue weighted by atomic mass is 16.2. The maximum absolute atomic E-state index is 13.5. The third kappa shape index (κ3) is 4.76. The van der Waals surface area contributed by atoms with E-state index >= 15 is 0 Å². The summed E-state index contributed by atoms with van der Waals surface area (Å²) in [5, 5.41) is 12.7. The number of imidazole rings is 1. The van der Waals surface area contributed by atoms with Crippen LogP contribution >= 0.6 is 0 Å². The molecule has 1 aliphatic heterocycles. The normalized spacial score (nSPS) is 17.2. The van der Waals surface area contributed by atoms with Crippen LogP contribution in [0.15, 0.2) is 24.9 Å². The molecule has 1 saturated heterocycles. The van der Waals surface area contributed by atoms with Crippen LogP contribution in [-0.4, -0.2) is 54.4 Å². The Hall–Kier alpha value is -3.25. The minimum Gasteiger partial charge on any atom is -0.344 e. The molecule has 1 amide bonds. The second-order valence-corrected chi connectivity index (χ2v) is 10.0. The van der Waals surface area contributed by atoms with Crippen LogP contribution in [0.5, 0.6) is 0 Å². The zero-order chi connectivity index (χ0) is 23.8. The number of fused-ring (bicyclic) bond motifs is 1. The van der Waals surface area contributed by atoms with Gasteiger partial charge in [0.15, 0.2) is 5.65 Å². The summed E-state index contributed by atoms with van der Waals surface area (Å²) < 4.78 is 1.88. The van der Waals surface area contributed by atoms with Gasteiger partial charge in [0, 0.05) is 50.1 Å². The van der Waals surface area contributed by atoms with E-state index < -0.39 is 0 Å². The van der Waals surface area contributed by atoms with Gasteiger partial charge in [-0.25, -0.2) is 15.0 Å². The third-order valence-electron chi connectivity index (χ3n) is 6.36. The number of hydrogen-bond acceptors (Lipinski definition) is 6. The molecule has 3 aromatic heterocycles. The first kappa shape index (κ1) is 22.9. The Morgan fingerprint density at radius 3 is 2.61 bits per heavy atom. The summed E-state index contributed by atoms with van der Waals surface area (Å²) in [6, 6.07) is 1.83. The molecular formula is C24H32N8O. The predicted molar refractivity (Wildman–Crippen MR) is 126 cm³/mol. The van der Waals surface area contributed by atoms with Gasteiger partial charge in [0.25, 0.3) is 0 Å². The van der Waals surface area contributed by atoms with Crippen molar-refractivity contribution in [3.63, 3.8) is 0 Å². The topological polar surface area (TPSA) is 116 Å². The molecule has 0 spiro atoms. The lowest BCUT2D eigenvalue weighted by molar-refractivity contribution is -0.137. The molecule has 33 heavy (non-hydrogen) atoms. The number of aromatic nitrogens is 5. The number of carbonyl (C=O) groups excluding carboxylic acids is 1. The number of hydrogen-bond donors (Lipinski definition) is 2. The molecule has 2 atom stereocenters. The fourth-order valence-electron chi connectivity index (χ4n) is 4.35. The van der Waals surface area contributed by atoms with Crippen LogP contribution in [0.25, 0.3) is 22.6 Å². The van der Waals surface area contributed by atoms with E-state index in [2.05, 4.69) is 47.1 Å². The summed E-state index contributed by atoms with van der Waals surface area (Å²) in [5.74, 6) is 0.137. The Kier molecular flexibility index (Phi) is 6.21. The maximum atomic E-state index is 13.5. The molecule has 2 N–H and O–H groups in total. The number of nitrogens with one attached hydrogen (secondary N) is 2.